The number of amides is 1. The quantitative estimate of drug-likeness (QED) is 0.585. The van der Waals surface area contributed by atoms with Gasteiger partial charge in [-0.05, 0) is 29.3 Å². The van der Waals surface area contributed by atoms with E-state index in [1.165, 1.54) is 0 Å². The van der Waals surface area contributed by atoms with Gasteiger partial charge in [0.25, 0.3) is 0 Å². The summed E-state index contributed by atoms with van der Waals surface area (Å²) in [5.41, 5.74) is 13.9. The largest absolute Gasteiger partial charge is 0.368 e. The standard InChI is InChI=1S/C15H14N6O/c16-13(22)12-4-2-1-3-11(12)9-5-7-10(8-6-9)18-15-19-14(17)20-21-15/h1-8H,(H2,16,22)(H4,17,18,19,20,21). The lowest BCUT2D eigenvalue weighted by atomic mass is 9.99. The summed E-state index contributed by atoms with van der Waals surface area (Å²) in [4.78, 5) is 15.4. The van der Waals surface area contributed by atoms with Crippen molar-refractivity contribution in [1.29, 1.82) is 0 Å². The van der Waals surface area contributed by atoms with Gasteiger partial charge in [0.1, 0.15) is 0 Å². The Labute approximate surface area is 126 Å². The van der Waals surface area contributed by atoms with Crippen molar-refractivity contribution < 1.29 is 4.79 Å². The molecule has 0 unspecified atom stereocenters. The third-order valence-corrected chi connectivity index (χ3v) is 3.15. The molecule has 7 heteroatoms. The van der Waals surface area contributed by atoms with E-state index in [9.17, 15) is 4.79 Å². The molecule has 2 aromatic carbocycles. The third-order valence-electron chi connectivity index (χ3n) is 3.15. The summed E-state index contributed by atoms with van der Waals surface area (Å²) in [6.07, 6.45) is 0. The lowest BCUT2D eigenvalue weighted by Crippen LogP contribution is -2.12. The van der Waals surface area contributed by atoms with Crippen molar-refractivity contribution in [2.24, 2.45) is 5.73 Å². The van der Waals surface area contributed by atoms with E-state index < -0.39 is 5.91 Å². The van der Waals surface area contributed by atoms with Crippen LogP contribution in [-0.4, -0.2) is 21.1 Å². The lowest BCUT2D eigenvalue weighted by molar-refractivity contribution is 0.100. The van der Waals surface area contributed by atoms with Crippen molar-refractivity contribution in [2.75, 3.05) is 11.1 Å². The molecule has 0 saturated carbocycles. The van der Waals surface area contributed by atoms with Crippen molar-refractivity contribution in [3.05, 3.63) is 54.1 Å². The summed E-state index contributed by atoms with van der Waals surface area (Å²) in [6, 6.07) is 14.7. The average Bonchev–Trinajstić information content (AvgIpc) is 2.93. The number of primary amides is 1. The lowest BCUT2D eigenvalue weighted by Gasteiger charge is -2.08. The molecular formula is C15H14N6O. The minimum absolute atomic E-state index is 0.245. The number of aromatic amines is 1. The average molecular weight is 294 g/mol. The molecule has 3 rings (SSSR count). The molecule has 110 valence electrons. The molecule has 0 atom stereocenters. The minimum atomic E-state index is -0.450. The second kappa shape index (κ2) is 5.57. The van der Waals surface area contributed by atoms with Crippen LogP contribution in [0.25, 0.3) is 11.1 Å². The number of nitrogens with two attached hydrogens (primary N) is 2. The summed E-state index contributed by atoms with van der Waals surface area (Å²) in [7, 11) is 0. The normalized spacial score (nSPS) is 10.4. The molecule has 1 aromatic heterocycles. The zero-order chi connectivity index (χ0) is 15.5. The van der Waals surface area contributed by atoms with E-state index >= 15 is 0 Å². The van der Waals surface area contributed by atoms with E-state index in [4.69, 9.17) is 11.5 Å². The Morgan fingerprint density at radius 1 is 1.09 bits per heavy atom. The van der Waals surface area contributed by atoms with E-state index in [1.807, 2.05) is 36.4 Å². The van der Waals surface area contributed by atoms with Gasteiger partial charge in [-0.2, -0.15) is 4.98 Å². The first kappa shape index (κ1) is 13.6. The zero-order valence-corrected chi connectivity index (χ0v) is 11.6. The predicted molar refractivity (Wildman–Crippen MR) is 84.5 cm³/mol. The summed E-state index contributed by atoms with van der Waals surface area (Å²) in [5, 5.41) is 9.46. The second-order valence-electron chi connectivity index (χ2n) is 4.66. The van der Waals surface area contributed by atoms with Gasteiger partial charge in [-0.25, -0.2) is 5.10 Å². The van der Waals surface area contributed by atoms with Gasteiger partial charge < -0.3 is 16.8 Å². The van der Waals surface area contributed by atoms with Crippen LogP contribution in [0.3, 0.4) is 0 Å². The number of carbonyl (C=O) groups is 1. The number of benzene rings is 2. The van der Waals surface area contributed by atoms with Crippen LogP contribution in [0.4, 0.5) is 17.6 Å². The first-order chi connectivity index (χ1) is 10.6. The van der Waals surface area contributed by atoms with E-state index in [0.29, 0.717) is 11.5 Å². The predicted octanol–water partition coefficient (Wildman–Crippen LogP) is 1.90. The van der Waals surface area contributed by atoms with Crippen LogP contribution in [0.5, 0.6) is 0 Å². The molecule has 0 fully saturated rings. The summed E-state index contributed by atoms with van der Waals surface area (Å²) < 4.78 is 0. The van der Waals surface area contributed by atoms with Crippen LogP contribution in [0, 0.1) is 0 Å². The first-order valence-corrected chi connectivity index (χ1v) is 6.57. The Bertz CT molecular complexity index is 809. The van der Waals surface area contributed by atoms with Crippen LogP contribution in [-0.2, 0) is 0 Å². The fourth-order valence-electron chi connectivity index (χ4n) is 2.14. The number of carbonyl (C=O) groups excluding carboxylic acids is 1. The van der Waals surface area contributed by atoms with Crippen molar-refractivity contribution in [3.63, 3.8) is 0 Å². The van der Waals surface area contributed by atoms with E-state index in [2.05, 4.69) is 20.5 Å². The topological polar surface area (TPSA) is 123 Å². The first-order valence-electron chi connectivity index (χ1n) is 6.57. The van der Waals surface area contributed by atoms with Gasteiger partial charge in [-0.3, -0.25) is 4.79 Å². The highest BCUT2D eigenvalue weighted by Gasteiger charge is 2.09. The molecule has 3 aromatic rings. The summed E-state index contributed by atoms with van der Waals surface area (Å²) in [6.45, 7) is 0. The summed E-state index contributed by atoms with van der Waals surface area (Å²) in [5.74, 6) is 0.186. The van der Waals surface area contributed by atoms with Gasteiger partial charge in [0.2, 0.25) is 17.8 Å². The van der Waals surface area contributed by atoms with E-state index in [0.717, 1.165) is 16.8 Å². The SMILES string of the molecule is NC(=O)c1ccccc1-c1ccc(Nc2n[nH]c(N)n2)cc1. The number of nitrogens with zero attached hydrogens (tertiary/aromatic N) is 2. The molecule has 1 heterocycles. The Kier molecular flexibility index (Phi) is 3.45. The van der Waals surface area contributed by atoms with Crippen molar-refractivity contribution in [3.8, 4) is 11.1 Å². The number of aromatic nitrogens is 3. The molecular weight excluding hydrogens is 280 g/mol. The van der Waals surface area contributed by atoms with Gasteiger partial charge in [-0.1, -0.05) is 30.3 Å². The summed E-state index contributed by atoms with van der Waals surface area (Å²) >= 11 is 0. The highest BCUT2D eigenvalue weighted by atomic mass is 16.1. The highest BCUT2D eigenvalue weighted by Crippen LogP contribution is 2.25. The van der Waals surface area contributed by atoms with Crippen LogP contribution in [0.2, 0.25) is 0 Å². The fraction of sp³-hybridized carbons (Fsp3) is 0. The van der Waals surface area contributed by atoms with E-state index in [-0.39, 0.29) is 5.95 Å². The number of hydrogen-bond acceptors (Lipinski definition) is 5. The Morgan fingerprint density at radius 3 is 2.45 bits per heavy atom. The minimum Gasteiger partial charge on any atom is -0.368 e. The Hall–Kier alpha value is -3.35. The van der Waals surface area contributed by atoms with E-state index in [1.54, 1.807) is 12.1 Å². The van der Waals surface area contributed by atoms with Crippen LogP contribution in [0.1, 0.15) is 10.4 Å². The number of nitrogen functional groups attached to an aromatic ring is 1. The highest BCUT2D eigenvalue weighted by molar-refractivity contribution is 5.99. The molecule has 0 aliphatic rings. The number of nitrogens with one attached hydrogen (secondary N) is 2. The Balaban J connectivity index is 1.87. The molecule has 0 aliphatic heterocycles. The number of anilines is 3. The molecule has 0 aliphatic carbocycles. The number of hydrogen-bond donors (Lipinski definition) is 4. The Morgan fingerprint density at radius 2 is 1.82 bits per heavy atom. The van der Waals surface area contributed by atoms with Crippen molar-refractivity contribution in [2.45, 2.75) is 0 Å². The van der Waals surface area contributed by atoms with Gasteiger partial charge in [-0.15, -0.1) is 5.10 Å². The number of rotatable bonds is 4. The molecule has 0 saturated heterocycles. The molecule has 7 nitrogen and oxygen atoms in total. The van der Waals surface area contributed by atoms with Crippen LogP contribution < -0.4 is 16.8 Å². The van der Waals surface area contributed by atoms with Crippen molar-refractivity contribution >= 4 is 23.5 Å². The van der Waals surface area contributed by atoms with Crippen LogP contribution in [0.15, 0.2) is 48.5 Å². The van der Waals surface area contributed by atoms with Crippen LogP contribution >= 0.6 is 0 Å². The molecule has 6 N–H and O–H groups in total. The molecule has 0 bridgehead atoms. The maximum atomic E-state index is 11.5. The molecule has 0 spiro atoms. The van der Waals surface area contributed by atoms with Gasteiger partial charge in [0.05, 0.1) is 0 Å². The maximum absolute atomic E-state index is 11.5. The van der Waals surface area contributed by atoms with Gasteiger partial charge in [0, 0.05) is 11.3 Å². The molecule has 22 heavy (non-hydrogen) atoms. The number of H-pyrrole nitrogens is 1. The van der Waals surface area contributed by atoms with Crippen molar-refractivity contribution in [1.82, 2.24) is 15.2 Å². The monoisotopic (exact) mass is 294 g/mol. The zero-order valence-electron chi connectivity index (χ0n) is 11.6. The molecule has 1 amide bonds. The maximum Gasteiger partial charge on any atom is 0.249 e. The van der Waals surface area contributed by atoms with Gasteiger partial charge >= 0.3 is 0 Å². The second-order valence-corrected chi connectivity index (χ2v) is 4.66. The van der Waals surface area contributed by atoms with Gasteiger partial charge in [0.15, 0.2) is 0 Å². The smallest absolute Gasteiger partial charge is 0.249 e. The molecule has 0 radical (unpaired) electrons. The fourth-order valence-corrected chi connectivity index (χ4v) is 2.14. The third kappa shape index (κ3) is 2.73.